The van der Waals surface area contributed by atoms with Crippen LogP contribution in [0.2, 0.25) is 5.02 Å². The molecule has 0 saturated carbocycles. The monoisotopic (exact) mass is 325 g/mol. The molecule has 0 radical (unpaired) electrons. The van der Waals surface area contributed by atoms with Crippen molar-refractivity contribution in [2.75, 3.05) is 10.6 Å². The van der Waals surface area contributed by atoms with Crippen molar-refractivity contribution in [2.24, 2.45) is 0 Å². The molecule has 1 heterocycles. The van der Waals surface area contributed by atoms with E-state index in [4.69, 9.17) is 16.0 Å². The fourth-order valence-electron chi connectivity index (χ4n) is 2.24. The molecule has 3 rings (SSSR count). The highest BCUT2D eigenvalue weighted by molar-refractivity contribution is 6.33. The number of aryl methyl sites for hydroxylation is 1. The molecular formula is C18H16ClN3O. The summed E-state index contributed by atoms with van der Waals surface area (Å²) in [4.78, 5) is 3.90. The average molecular weight is 326 g/mol. The van der Waals surface area contributed by atoms with Crippen LogP contribution >= 0.6 is 11.6 Å². The standard InChI is InChI=1S/C18H16ClN3O/c1-12-4-3-5-14(8-12)21-13(2)22-15-6-7-16(17(19)9-15)18-10-20-11-23-18/h3-11,21-22H,2H2,1H3. The maximum atomic E-state index is 6.31. The van der Waals surface area contributed by atoms with Crippen molar-refractivity contribution in [1.82, 2.24) is 4.98 Å². The van der Waals surface area contributed by atoms with Crippen molar-refractivity contribution < 1.29 is 4.42 Å². The van der Waals surface area contributed by atoms with Gasteiger partial charge in [-0.2, -0.15) is 0 Å². The van der Waals surface area contributed by atoms with Gasteiger partial charge in [0.1, 0.15) is 5.82 Å². The predicted octanol–water partition coefficient (Wildman–Crippen LogP) is 5.30. The van der Waals surface area contributed by atoms with Gasteiger partial charge in [-0.15, -0.1) is 0 Å². The molecule has 0 amide bonds. The fraction of sp³-hybridized carbons (Fsp3) is 0.0556. The summed E-state index contributed by atoms with van der Waals surface area (Å²) in [5.41, 5.74) is 3.80. The molecule has 0 saturated heterocycles. The van der Waals surface area contributed by atoms with Gasteiger partial charge < -0.3 is 15.1 Å². The Labute approximate surface area is 139 Å². The Kier molecular flexibility index (Phi) is 4.35. The van der Waals surface area contributed by atoms with Crippen LogP contribution in [0.4, 0.5) is 11.4 Å². The highest BCUT2D eigenvalue weighted by Gasteiger charge is 2.08. The molecule has 0 spiro atoms. The number of hydrogen-bond donors (Lipinski definition) is 2. The average Bonchev–Trinajstić information content (AvgIpc) is 3.01. The number of rotatable bonds is 5. The van der Waals surface area contributed by atoms with E-state index < -0.39 is 0 Å². The lowest BCUT2D eigenvalue weighted by Gasteiger charge is -2.13. The van der Waals surface area contributed by atoms with Crippen molar-refractivity contribution in [2.45, 2.75) is 6.92 Å². The van der Waals surface area contributed by atoms with Crippen LogP contribution in [0.25, 0.3) is 11.3 Å². The van der Waals surface area contributed by atoms with Crippen LogP contribution in [0.1, 0.15) is 5.56 Å². The van der Waals surface area contributed by atoms with E-state index in [-0.39, 0.29) is 0 Å². The molecule has 1 aromatic heterocycles. The SMILES string of the molecule is C=C(Nc1cccc(C)c1)Nc1ccc(-c2cnco2)c(Cl)c1. The molecule has 0 aliphatic carbocycles. The molecule has 0 unspecified atom stereocenters. The van der Waals surface area contributed by atoms with Gasteiger partial charge in [0, 0.05) is 16.9 Å². The molecule has 0 aliphatic rings. The number of halogens is 1. The molecule has 3 aromatic rings. The van der Waals surface area contributed by atoms with Crippen LogP contribution in [0.3, 0.4) is 0 Å². The zero-order chi connectivity index (χ0) is 16.2. The van der Waals surface area contributed by atoms with Crippen LogP contribution < -0.4 is 10.6 Å². The maximum Gasteiger partial charge on any atom is 0.181 e. The second-order valence-corrected chi connectivity index (χ2v) is 5.57. The van der Waals surface area contributed by atoms with Gasteiger partial charge in [0.05, 0.1) is 11.2 Å². The lowest BCUT2D eigenvalue weighted by molar-refractivity contribution is 0.572. The van der Waals surface area contributed by atoms with Crippen LogP contribution in [0.5, 0.6) is 0 Å². The Morgan fingerprint density at radius 2 is 1.91 bits per heavy atom. The maximum absolute atomic E-state index is 6.31. The normalized spacial score (nSPS) is 10.3. The zero-order valence-electron chi connectivity index (χ0n) is 12.6. The highest BCUT2D eigenvalue weighted by atomic mass is 35.5. The van der Waals surface area contributed by atoms with Crippen molar-refractivity contribution in [3.8, 4) is 11.3 Å². The van der Waals surface area contributed by atoms with E-state index >= 15 is 0 Å². The number of nitrogens with one attached hydrogen (secondary N) is 2. The molecular weight excluding hydrogens is 310 g/mol. The molecule has 23 heavy (non-hydrogen) atoms. The van der Waals surface area contributed by atoms with Crippen LogP contribution in [-0.4, -0.2) is 4.98 Å². The number of nitrogens with zero attached hydrogens (tertiary/aromatic N) is 1. The highest BCUT2D eigenvalue weighted by Crippen LogP contribution is 2.30. The number of benzene rings is 2. The largest absolute Gasteiger partial charge is 0.443 e. The second kappa shape index (κ2) is 6.58. The van der Waals surface area contributed by atoms with Gasteiger partial charge in [0.25, 0.3) is 0 Å². The summed E-state index contributed by atoms with van der Waals surface area (Å²) in [7, 11) is 0. The van der Waals surface area contributed by atoms with Crippen LogP contribution in [-0.2, 0) is 0 Å². The van der Waals surface area contributed by atoms with E-state index in [1.165, 1.54) is 12.0 Å². The minimum absolute atomic E-state index is 0.579. The molecule has 0 aliphatic heterocycles. The first-order chi connectivity index (χ1) is 11.1. The predicted molar refractivity (Wildman–Crippen MR) is 94.5 cm³/mol. The first kappa shape index (κ1) is 15.2. The summed E-state index contributed by atoms with van der Waals surface area (Å²) >= 11 is 6.31. The van der Waals surface area contributed by atoms with Crippen molar-refractivity contribution in [3.05, 3.63) is 78.0 Å². The zero-order valence-corrected chi connectivity index (χ0v) is 13.4. The lowest BCUT2D eigenvalue weighted by Crippen LogP contribution is -2.08. The number of hydrogen-bond acceptors (Lipinski definition) is 4. The first-order valence-electron chi connectivity index (χ1n) is 7.10. The summed E-state index contributed by atoms with van der Waals surface area (Å²) < 4.78 is 5.27. The minimum atomic E-state index is 0.579. The first-order valence-corrected chi connectivity index (χ1v) is 7.47. The third-order valence-electron chi connectivity index (χ3n) is 3.28. The van der Waals surface area contributed by atoms with E-state index in [0.29, 0.717) is 16.6 Å². The second-order valence-electron chi connectivity index (χ2n) is 5.16. The van der Waals surface area contributed by atoms with Gasteiger partial charge >= 0.3 is 0 Å². The van der Waals surface area contributed by atoms with Crippen molar-refractivity contribution in [3.63, 3.8) is 0 Å². The fourth-order valence-corrected chi connectivity index (χ4v) is 2.52. The van der Waals surface area contributed by atoms with Gasteiger partial charge in [-0.1, -0.05) is 30.3 Å². The minimum Gasteiger partial charge on any atom is -0.443 e. The number of anilines is 2. The Morgan fingerprint density at radius 3 is 2.57 bits per heavy atom. The molecule has 5 heteroatoms. The van der Waals surface area contributed by atoms with E-state index in [1.807, 2.05) is 49.4 Å². The Morgan fingerprint density at radius 1 is 1.13 bits per heavy atom. The number of oxazole rings is 1. The molecule has 2 aromatic carbocycles. The Bertz CT molecular complexity index is 828. The van der Waals surface area contributed by atoms with Crippen molar-refractivity contribution >= 4 is 23.0 Å². The quantitative estimate of drug-likeness (QED) is 0.668. The molecule has 116 valence electrons. The Balaban J connectivity index is 1.70. The van der Waals surface area contributed by atoms with Crippen LogP contribution in [0.15, 0.2) is 71.9 Å². The van der Waals surface area contributed by atoms with Gasteiger partial charge in [0.15, 0.2) is 12.2 Å². The van der Waals surface area contributed by atoms with E-state index in [0.717, 1.165) is 16.9 Å². The smallest absolute Gasteiger partial charge is 0.181 e. The molecule has 0 atom stereocenters. The van der Waals surface area contributed by atoms with Gasteiger partial charge in [-0.05, 0) is 42.8 Å². The summed E-state index contributed by atoms with van der Waals surface area (Å²) in [5.74, 6) is 1.30. The molecule has 0 fully saturated rings. The van der Waals surface area contributed by atoms with E-state index in [2.05, 4.69) is 22.2 Å². The lowest BCUT2D eigenvalue weighted by atomic mass is 10.1. The van der Waals surface area contributed by atoms with Crippen molar-refractivity contribution in [1.29, 1.82) is 0 Å². The van der Waals surface area contributed by atoms with Crippen LogP contribution in [0, 0.1) is 6.92 Å². The van der Waals surface area contributed by atoms with Gasteiger partial charge in [-0.3, -0.25) is 0 Å². The summed E-state index contributed by atoms with van der Waals surface area (Å²) in [6, 6.07) is 13.7. The summed E-state index contributed by atoms with van der Waals surface area (Å²) in [6.45, 7) is 6.03. The third-order valence-corrected chi connectivity index (χ3v) is 3.59. The Hall–Kier alpha value is -2.72. The van der Waals surface area contributed by atoms with Gasteiger partial charge in [-0.25, -0.2) is 4.98 Å². The topological polar surface area (TPSA) is 50.1 Å². The number of aromatic nitrogens is 1. The molecule has 0 bridgehead atoms. The van der Waals surface area contributed by atoms with E-state index in [1.54, 1.807) is 6.20 Å². The summed E-state index contributed by atoms with van der Waals surface area (Å²) in [5, 5.41) is 6.98. The van der Waals surface area contributed by atoms with E-state index in [9.17, 15) is 0 Å². The third kappa shape index (κ3) is 3.73. The van der Waals surface area contributed by atoms with Gasteiger partial charge in [0.2, 0.25) is 0 Å². The molecule has 4 nitrogen and oxygen atoms in total. The summed E-state index contributed by atoms with van der Waals surface area (Å²) in [6.07, 6.45) is 3.01. The molecule has 2 N–H and O–H groups in total.